The van der Waals surface area contributed by atoms with E-state index in [4.69, 9.17) is 0 Å². The minimum absolute atomic E-state index is 0. The van der Waals surface area contributed by atoms with Gasteiger partial charge < -0.3 is 0 Å². The van der Waals surface area contributed by atoms with Crippen LogP contribution >= 0.6 is 24.8 Å². The van der Waals surface area contributed by atoms with Crippen LogP contribution in [0.3, 0.4) is 0 Å². The summed E-state index contributed by atoms with van der Waals surface area (Å²) in [6, 6.07) is 35.7. The van der Waals surface area contributed by atoms with Crippen LogP contribution in [0.4, 0.5) is 0 Å². The summed E-state index contributed by atoms with van der Waals surface area (Å²) in [5, 5.41) is 0. The largest absolute Gasteiger partial charge is 0.147 e. The van der Waals surface area contributed by atoms with Crippen molar-refractivity contribution in [2.45, 2.75) is 21.5 Å². The fraction of sp³-hybridized carbons (Fsp3) is 0.125. The predicted molar refractivity (Wildman–Crippen MR) is 159 cm³/mol. The maximum absolute atomic E-state index is 2.57. The van der Waals surface area contributed by atoms with E-state index in [-0.39, 0.29) is 24.8 Å². The zero-order valence-electron chi connectivity index (χ0n) is 20.5. The fourth-order valence-corrected chi connectivity index (χ4v) is 18.3. The first-order valence-electron chi connectivity index (χ1n) is 12.1. The number of allylic oxidation sites excluding steroid dienone is 2. The maximum Gasteiger partial charge on any atom is -0.147 e. The van der Waals surface area contributed by atoms with Crippen molar-refractivity contribution in [3.05, 3.63) is 131 Å². The second-order valence-electron chi connectivity index (χ2n) is 9.48. The first-order valence-corrected chi connectivity index (χ1v) is 18.8. The Kier molecular flexibility index (Phi) is 8.60. The standard InChI is InChI=1S/2C15H11.C2H6Si.2ClH.Ti/c2*1-2-6-12(7-3-1)14-10-4-8-13-9-5-11-15(13)14;1-3-2;;;/h2*1-11H;1-2H3;2*1H;. The number of hydrogen-bond acceptors (Lipinski definition) is 0. The molecule has 2 aliphatic carbocycles. The number of rotatable bonds is 4. The molecule has 0 spiro atoms. The van der Waals surface area contributed by atoms with Crippen molar-refractivity contribution in [1.29, 1.82) is 0 Å². The van der Waals surface area contributed by atoms with Crippen molar-refractivity contribution >= 4 is 43.2 Å². The van der Waals surface area contributed by atoms with E-state index >= 15 is 0 Å². The Morgan fingerprint density at radius 1 is 0.528 bits per heavy atom. The van der Waals surface area contributed by atoms with Gasteiger partial charge in [0.25, 0.3) is 0 Å². The Bertz CT molecular complexity index is 1360. The van der Waals surface area contributed by atoms with Gasteiger partial charge in [0.05, 0.1) is 0 Å². The molecule has 0 amide bonds. The average Bonchev–Trinajstić information content (AvgIpc) is 3.50. The molecule has 0 N–H and O–H groups in total. The third kappa shape index (κ3) is 4.76. The minimum atomic E-state index is -1.55. The molecule has 0 heterocycles. The molecule has 4 heteroatoms. The molecule has 4 aromatic rings. The van der Waals surface area contributed by atoms with E-state index in [0.717, 1.165) is 0 Å². The van der Waals surface area contributed by atoms with Gasteiger partial charge in [-0.15, -0.1) is 24.8 Å². The first kappa shape index (κ1) is 26.9. The molecule has 6 rings (SSSR count). The molecular weight excluding hydrogens is 531 g/mol. The third-order valence-electron chi connectivity index (χ3n) is 7.28. The van der Waals surface area contributed by atoms with Gasteiger partial charge in [-0.3, -0.25) is 0 Å². The Labute approximate surface area is 233 Å². The van der Waals surface area contributed by atoms with Gasteiger partial charge in [0.15, 0.2) is 0 Å². The fourth-order valence-electron chi connectivity index (χ4n) is 5.77. The molecule has 0 saturated carbocycles. The van der Waals surface area contributed by atoms with Gasteiger partial charge in [-0.1, -0.05) is 0 Å². The van der Waals surface area contributed by atoms with Crippen LogP contribution < -0.4 is 0 Å². The molecule has 0 radical (unpaired) electrons. The zero-order chi connectivity index (χ0) is 23.1. The van der Waals surface area contributed by atoms with E-state index in [1.165, 1.54) is 33.4 Å². The van der Waals surface area contributed by atoms with Crippen LogP contribution in [0.2, 0.25) is 13.1 Å². The van der Waals surface area contributed by atoms with Gasteiger partial charge in [-0.05, 0) is 0 Å². The summed E-state index contributed by atoms with van der Waals surface area (Å²) in [5.74, 6) is 0. The molecule has 4 aromatic carbocycles. The molecule has 0 nitrogen and oxygen atoms in total. The monoisotopic (exact) mass is 560 g/mol. The van der Waals surface area contributed by atoms with Crippen molar-refractivity contribution in [1.82, 2.24) is 0 Å². The van der Waals surface area contributed by atoms with Crippen molar-refractivity contribution < 1.29 is 16.6 Å². The van der Waals surface area contributed by atoms with Crippen LogP contribution in [0.1, 0.15) is 30.7 Å². The zero-order valence-corrected chi connectivity index (χ0v) is 24.7. The van der Waals surface area contributed by atoms with E-state index in [9.17, 15) is 0 Å². The van der Waals surface area contributed by atoms with Crippen LogP contribution in [-0.4, -0.2) is 6.19 Å². The Morgan fingerprint density at radius 2 is 0.944 bits per heavy atom. The summed E-state index contributed by atoms with van der Waals surface area (Å²) in [5.41, 5.74) is 11.5. The van der Waals surface area contributed by atoms with E-state index in [2.05, 4.69) is 134 Å². The van der Waals surface area contributed by atoms with Crippen LogP contribution in [-0.2, 0) is 16.6 Å². The van der Waals surface area contributed by atoms with E-state index in [1.807, 2.05) is 0 Å². The molecule has 2 aliphatic rings. The maximum atomic E-state index is 2.57. The van der Waals surface area contributed by atoms with Crippen molar-refractivity contribution in [3.63, 3.8) is 0 Å². The smallest absolute Gasteiger partial charge is 0.147 e. The van der Waals surface area contributed by atoms with E-state index < -0.39 is 22.8 Å². The summed E-state index contributed by atoms with van der Waals surface area (Å²) in [7, 11) is 0. The van der Waals surface area contributed by atoms with Crippen molar-refractivity contribution in [3.8, 4) is 22.3 Å². The summed E-state index contributed by atoms with van der Waals surface area (Å²) < 4.78 is 1.26. The quantitative estimate of drug-likeness (QED) is 0.218. The molecule has 180 valence electrons. The Morgan fingerprint density at radius 3 is 1.33 bits per heavy atom. The second kappa shape index (κ2) is 11.5. The molecule has 2 unspecified atom stereocenters. The Hall–Kier alpha value is -2.13. The van der Waals surface area contributed by atoms with Crippen molar-refractivity contribution in [2.75, 3.05) is 0 Å². The van der Waals surface area contributed by atoms with Crippen LogP contribution in [0.25, 0.3) is 34.4 Å². The molecule has 36 heavy (non-hydrogen) atoms. The molecule has 0 aliphatic heterocycles. The molecular formula is C32H30Cl2SiTi. The topological polar surface area (TPSA) is 0 Å². The molecule has 0 fully saturated rings. The van der Waals surface area contributed by atoms with Gasteiger partial charge in [0.1, 0.15) is 0 Å². The van der Waals surface area contributed by atoms with Crippen molar-refractivity contribution in [2.24, 2.45) is 0 Å². The Balaban J connectivity index is 0.00000152. The predicted octanol–water partition coefficient (Wildman–Crippen LogP) is 9.57. The first-order chi connectivity index (χ1) is 16.7. The molecule has 0 aromatic heterocycles. The number of benzene rings is 4. The minimum Gasteiger partial charge on any atom is -0.147 e. The van der Waals surface area contributed by atoms with Crippen LogP contribution in [0.5, 0.6) is 0 Å². The summed E-state index contributed by atoms with van der Waals surface area (Å²) in [4.78, 5) is 0. The van der Waals surface area contributed by atoms with Gasteiger partial charge in [0, 0.05) is 0 Å². The van der Waals surface area contributed by atoms with Gasteiger partial charge in [-0.25, -0.2) is 0 Å². The normalized spacial score (nSPS) is 16.5. The van der Waals surface area contributed by atoms with E-state index in [1.54, 1.807) is 11.1 Å². The summed E-state index contributed by atoms with van der Waals surface area (Å²) in [6.45, 7) is 5.14. The SMILES string of the molecule is C[Si](C)=[Ti]([CH]1C=Cc2c(-c3ccccc3)cccc21)[CH]1C=Cc2c(-c3ccccc3)cccc21.Cl.Cl. The summed E-state index contributed by atoms with van der Waals surface area (Å²) >= 11 is -1.55. The summed E-state index contributed by atoms with van der Waals surface area (Å²) in [6.07, 6.45) is 9.58. The van der Waals surface area contributed by atoms with Gasteiger partial charge in [-0.2, -0.15) is 0 Å². The van der Waals surface area contributed by atoms with Gasteiger partial charge in [0.2, 0.25) is 0 Å². The second-order valence-corrected chi connectivity index (χ2v) is 21.9. The van der Waals surface area contributed by atoms with Gasteiger partial charge >= 0.3 is 210 Å². The van der Waals surface area contributed by atoms with Crippen LogP contribution in [0, 0.1) is 0 Å². The average molecular weight is 561 g/mol. The van der Waals surface area contributed by atoms with Crippen LogP contribution in [0.15, 0.2) is 109 Å². The number of fused-ring (bicyclic) bond motifs is 2. The number of halogens is 2. The van der Waals surface area contributed by atoms with E-state index in [0.29, 0.717) is 8.45 Å². The number of hydrogen-bond donors (Lipinski definition) is 0. The molecule has 2 atom stereocenters. The molecule has 0 bridgehead atoms. The third-order valence-corrected chi connectivity index (χ3v) is 20.1. The molecule has 0 saturated heterocycles.